The molecule has 1 heterocycles. The van der Waals surface area contributed by atoms with Crippen molar-refractivity contribution in [2.75, 3.05) is 39.5 Å². The monoisotopic (exact) mass is 466 g/mol. The highest BCUT2D eigenvalue weighted by Crippen LogP contribution is 2.23. The van der Waals surface area contributed by atoms with Gasteiger partial charge in [-0.1, -0.05) is 35.9 Å². The average Bonchev–Trinajstić information content (AvgIpc) is 2.79. The maximum atomic E-state index is 12.6. The highest BCUT2D eigenvalue weighted by atomic mass is 35.5. The van der Waals surface area contributed by atoms with Gasteiger partial charge in [0, 0.05) is 26.1 Å². The van der Waals surface area contributed by atoms with Gasteiger partial charge in [0.2, 0.25) is 15.9 Å². The highest BCUT2D eigenvalue weighted by Gasteiger charge is 2.26. The van der Waals surface area contributed by atoms with Crippen molar-refractivity contribution in [2.24, 2.45) is 0 Å². The van der Waals surface area contributed by atoms with Crippen LogP contribution in [0.25, 0.3) is 0 Å². The van der Waals surface area contributed by atoms with Crippen molar-refractivity contribution < 1.29 is 22.7 Å². The first kappa shape index (κ1) is 23.5. The maximum Gasteiger partial charge on any atom is 0.243 e. The van der Waals surface area contributed by atoms with Crippen LogP contribution < -0.4 is 10.1 Å². The number of carbonyl (C=O) groups excluding carboxylic acids is 1. The SMILES string of the molecule is O=C(CCCOc1ccccc1Cl)NCCc1ccc(S(=O)(=O)N2CCOCC2)cc1. The van der Waals surface area contributed by atoms with Gasteiger partial charge in [0.15, 0.2) is 0 Å². The molecule has 0 aromatic heterocycles. The summed E-state index contributed by atoms with van der Waals surface area (Å²) in [6, 6.07) is 14.0. The fraction of sp³-hybridized carbons (Fsp3) is 0.409. The molecule has 168 valence electrons. The highest BCUT2D eigenvalue weighted by molar-refractivity contribution is 7.89. The van der Waals surface area contributed by atoms with E-state index >= 15 is 0 Å². The van der Waals surface area contributed by atoms with Gasteiger partial charge in [-0.2, -0.15) is 4.31 Å². The Labute approximate surface area is 188 Å². The van der Waals surface area contributed by atoms with Crippen molar-refractivity contribution in [3.05, 3.63) is 59.1 Å². The zero-order valence-corrected chi connectivity index (χ0v) is 18.8. The number of rotatable bonds is 10. The van der Waals surface area contributed by atoms with Crippen LogP contribution in [0.4, 0.5) is 0 Å². The molecule has 31 heavy (non-hydrogen) atoms. The summed E-state index contributed by atoms with van der Waals surface area (Å²) in [4.78, 5) is 12.3. The Bertz CT molecular complexity index is 960. The molecule has 1 fully saturated rings. The van der Waals surface area contributed by atoms with E-state index in [1.807, 2.05) is 12.1 Å². The minimum absolute atomic E-state index is 0.0470. The quantitative estimate of drug-likeness (QED) is 0.544. The number of amides is 1. The zero-order chi connectivity index (χ0) is 22.1. The predicted octanol–water partition coefficient (Wildman–Crippen LogP) is 2.88. The molecule has 1 aliphatic rings. The summed E-state index contributed by atoms with van der Waals surface area (Å²) in [6.07, 6.45) is 1.58. The van der Waals surface area contributed by atoms with Crippen molar-refractivity contribution in [1.82, 2.24) is 9.62 Å². The summed E-state index contributed by atoms with van der Waals surface area (Å²) < 4.78 is 37.5. The van der Waals surface area contributed by atoms with Gasteiger partial charge < -0.3 is 14.8 Å². The molecule has 0 aliphatic carbocycles. The molecule has 9 heteroatoms. The van der Waals surface area contributed by atoms with Crippen LogP contribution in [0, 0.1) is 0 Å². The molecule has 0 saturated carbocycles. The number of morpholine rings is 1. The molecule has 1 saturated heterocycles. The molecular formula is C22H27ClN2O5S. The van der Waals surface area contributed by atoms with Gasteiger partial charge in [0.25, 0.3) is 0 Å². The molecule has 2 aromatic carbocycles. The number of carbonyl (C=O) groups is 1. The fourth-order valence-electron chi connectivity index (χ4n) is 3.18. The molecule has 2 aromatic rings. The first-order chi connectivity index (χ1) is 15.0. The topological polar surface area (TPSA) is 84.9 Å². The van der Waals surface area contributed by atoms with Crippen molar-refractivity contribution in [2.45, 2.75) is 24.2 Å². The van der Waals surface area contributed by atoms with Gasteiger partial charge in [-0.25, -0.2) is 8.42 Å². The maximum absolute atomic E-state index is 12.6. The van der Waals surface area contributed by atoms with E-state index in [2.05, 4.69) is 5.32 Å². The number of para-hydroxylation sites is 1. The molecule has 7 nitrogen and oxygen atoms in total. The van der Waals surface area contributed by atoms with Gasteiger partial charge >= 0.3 is 0 Å². The van der Waals surface area contributed by atoms with Gasteiger partial charge in [-0.15, -0.1) is 0 Å². The molecule has 1 amide bonds. The van der Waals surface area contributed by atoms with Crippen molar-refractivity contribution in [1.29, 1.82) is 0 Å². The Morgan fingerprint density at radius 1 is 1.10 bits per heavy atom. The number of nitrogens with one attached hydrogen (secondary N) is 1. The van der Waals surface area contributed by atoms with Crippen LogP contribution in [-0.2, 0) is 26.0 Å². The lowest BCUT2D eigenvalue weighted by atomic mass is 10.1. The van der Waals surface area contributed by atoms with Gasteiger partial charge in [-0.3, -0.25) is 4.79 Å². The number of halogens is 1. The van der Waals surface area contributed by atoms with Gasteiger partial charge in [-0.05, 0) is 42.7 Å². The van der Waals surface area contributed by atoms with E-state index in [9.17, 15) is 13.2 Å². The third-order valence-electron chi connectivity index (χ3n) is 4.91. The minimum Gasteiger partial charge on any atom is -0.492 e. The summed E-state index contributed by atoms with van der Waals surface area (Å²) in [5.74, 6) is 0.568. The molecule has 0 radical (unpaired) electrons. The summed E-state index contributed by atoms with van der Waals surface area (Å²) in [6.45, 7) is 2.49. The van der Waals surface area contributed by atoms with Crippen LogP contribution in [0.15, 0.2) is 53.4 Å². The van der Waals surface area contributed by atoms with Crippen LogP contribution >= 0.6 is 11.6 Å². The number of hydrogen-bond donors (Lipinski definition) is 1. The Kier molecular flexibility index (Phi) is 8.71. The largest absolute Gasteiger partial charge is 0.492 e. The van der Waals surface area contributed by atoms with E-state index in [0.29, 0.717) is 69.5 Å². The van der Waals surface area contributed by atoms with E-state index in [1.165, 1.54) is 4.31 Å². The molecule has 0 bridgehead atoms. The molecule has 0 spiro atoms. The van der Waals surface area contributed by atoms with E-state index in [0.717, 1.165) is 5.56 Å². The first-order valence-corrected chi connectivity index (χ1v) is 12.1. The van der Waals surface area contributed by atoms with E-state index in [1.54, 1.807) is 36.4 Å². The first-order valence-electron chi connectivity index (χ1n) is 10.3. The third-order valence-corrected chi connectivity index (χ3v) is 7.13. The van der Waals surface area contributed by atoms with Crippen molar-refractivity contribution in [3.8, 4) is 5.75 Å². The molecule has 0 unspecified atom stereocenters. The van der Waals surface area contributed by atoms with E-state index < -0.39 is 10.0 Å². The lowest BCUT2D eigenvalue weighted by Crippen LogP contribution is -2.40. The van der Waals surface area contributed by atoms with Crippen molar-refractivity contribution >= 4 is 27.5 Å². The summed E-state index contributed by atoms with van der Waals surface area (Å²) in [5.41, 5.74) is 0.961. The number of benzene rings is 2. The summed E-state index contributed by atoms with van der Waals surface area (Å²) >= 11 is 6.02. The number of sulfonamides is 1. The minimum atomic E-state index is -3.48. The molecule has 1 N–H and O–H groups in total. The van der Waals surface area contributed by atoms with Crippen LogP contribution in [0.2, 0.25) is 5.02 Å². The fourth-order valence-corrected chi connectivity index (χ4v) is 4.77. The second-order valence-corrected chi connectivity index (χ2v) is 9.49. The summed E-state index contributed by atoms with van der Waals surface area (Å²) in [5, 5.41) is 3.43. The summed E-state index contributed by atoms with van der Waals surface area (Å²) in [7, 11) is -3.48. The Hall–Kier alpha value is -2.13. The normalized spacial score (nSPS) is 14.9. The lowest BCUT2D eigenvalue weighted by molar-refractivity contribution is -0.121. The van der Waals surface area contributed by atoms with Crippen molar-refractivity contribution in [3.63, 3.8) is 0 Å². The van der Waals surface area contributed by atoms with Gasteiger partial charge in [0.1, 0.15) is 5.75 Å². The predicted molar refractivity (Wildman–Crippen MR) is 119 cm³/mol. The smallest absolute Gasteiger partial charge is 0.243 e. The Balaban J connectivity index is 1.36. The Morgan fingerprint density at radius 3 is 2.52 bits per heavy atom. The van der Waals surface area contributed by atoms with Crippen LogP contribution in [0.1, 0.15) is 18.4 Å². The van der Waals surface area contributed by atoms with Gasteiger partial charge in [0.05, 0.1) is 29.7 Å². The number of nitrogens with zero attached hydrogens (tertiary/aromatic N) is 1. The average molecular weight is 467 g/mol. The van der Waals surface area contributed by atoms with Crippen LogP contribution in [-0.4, -0.2) is 58.1 Å². The standard InChI is InChI=1S/C22H27ClN2O5S/c23-20-4-1-2-5-21(20)30-15-3-6-22(26)24-12-11-18-7-9-19(10-8-18)31(27,28)25-13-16-29-17-14-25/h1-2,4-5,7-10H,3,6,11-17H2,(H,24,26). The molecular weight excluding hydrogens is 440 g/mol. The molecule has 0 atom stereocenters. The Morgan fingerprint density at radius 2 is 1.81 bits per heavy atom. The molecule has 3 rings (SSSR count). The van der Waals surface area contributed by atoms with Crippen LogP contribution in [0.5, 0.6) is 5.75 Å². The lowest BCUT2D eigenvalue weighted by Gasteiger charge is -2.26. The zero-order valence-electron chi connectivity index (χ0n) is 17.3. The second-order valence-electron chi connectivity index (χ2n) is 7.14. The third kappa shape index (κ3) is 6.93. The number of ether oxygens (including phenoxy) is 2. The molecule has 1 aliphatic heterocycles. The van der Waals surface area contributed by atoms with Crippen LogP contribution in [0.3, 0.4) is 0 Å². The second kappa shape index (κ2) is 11.5. The van der Waals surface area contributed by atoms with E-state index in [-0.39, 0.29) is 10.8 Å². The van der Waals surface area contributed by atoms with E-state index in [4.69, 9.17) is 21.1 Å². The number of hydrogen-bond acceptors (Lipinski definition) is 5.